The van der Waals surface area contributed by atoms with Crippen LogP contribution in [-0.2, 0) is 5.54 Å². The second-order valence-electron chi connectivity index (χ2n) is 8.39. The van der Waals surface area contributed by atoms with Gasteiger partial charge in [-0.25, -0.2) is 0 Å². The Kier molecular flexibility index (Phi) is 3.79. The first-order valence-corrected chi connectivity index (χ1v) is 10.0. The van der Waals surface area contributed by atoms with Gasteiger partial charge in [0.2, 0.25) is 0 Å². The molecule has 0 unspecified atom stereocenters. The Balaban J connectivity index is 1.53. The summed E-state index contributed by atoms with van der Waals surface area (Å²) in [4.78, 5) is 27.3. The number of aromatic nitrogens is 1. The minimum atomic E-state index is -0.0249. The second-order valence-corrected chi connectivity index (χ2v) is 8.39. The van der Waals surface area contributed by atoms with Crippen LogP contribution in [0.25, 0.3) is 10.9 Å². The Morgan fingerprint density at radius 2 is 2.11 bits per heavy atom. The predicted octanol–water partition coefficient (Wildman–Crippen LogP) is 2.09. The maximum absolute atomic E-state index is 12.8. The van der Waals surface area contributed by atoms with Crippen LogP contribution in [0, 0.1) is 0 Å². The van der Waals surface area contributed by atoms with Crippen molar-refractivity contribution in [2.24, 2.45) is 0 Å². The van der Waals surface area contributed by atoms with Crippen molar-refractivity contribution in [2.75, 3.05) is 26.7 Å². The molecule has 2 N–H and O–H groups in total. The molecule has 6 nitrogen and oxygen atoms in total. The van der Waals surface area contributed by atoms with E-state index in [1.54, 1.807) is 0 Å². The largest absolute Gasteiger partial charge is 0.348 e. The molecule has 0 radical (unpaired) electrons. The molecule has 27 heavy (non-hydrogen) atoms. The summed E-state index contributed by atoms with van der Waals surface area (Å²) in [5.74, 6) is 0.0473. The molecular weight excluding hydrogens is 340 g/mol. The number of hydrogen-bond donors (Lipinski definition) is 2. The topological polar surface area (TPSA) is 66.4 Å². The Bertz CT molecular complexity index is 922. The van der Waals surface area contributed by atoms with E-state index in [2.05, 4.69) is 15.2 Å². The number of nitrogens with zero attached hydrogens (tertiary/aromatic N) is 2. The zero-order valence-corrected chi connectivity index (χ0v) is 15.8. The fraction of sp³-hybridized carbons (Fsp3) is 0.524. The highest BCUT2D eigenvalue weighted by molar-refractivity contribution is 6.03. The molecule has 1 saturated carbocycles. The quantitative estimate of drug-likeness (QED) is 0.855. The van der Waals surface area contributed by atoms with E-state index < -0.39 is 0 Å². The highest BCUT2D eigenvalue weighted by Crippen LogP contribution is 2.45. The van der Waals surface area contributed by atoms with Gasteiger partial charge in [-0.1, -0.05) is 6.07 Å². The number of nitrogens with one attached hydrogen (secondary N) is 2. The van der Waals surface area contributed by atoms with E-state index >= 15 is 0 Å². The van der Waals surface area contributed by atoms with Crippen LogP contribution in [-0.4, -0.2) is 54.0 Å². The lowest BCUT2D eigenvalue weighted by Crippen LogP contribution is -2.55. The van der Waals surface area contributed by atoms with Crippen LogP contribution in [0.5, 0.6) is 0 Å². The molecule has 2 amide bonds. The van der Waals surface area contributed by atoms with Crippen molar-refractivity contribution in [3.8, 4) is 0 Å². The van der Waals surface area contributed by atoms with Gasteiger partial charge >= 0.3 is 0 Å². The zero-order valence-electron chi connectivity index (χ0n) is 15.8. The molecule has 2 aliphatic heterocycles. The van der Waals surface area contributed by atoms with Gasteiger partial charge in [0.25, 0.3) is 11.8 Å². The molecule has 2 aromatic rings. The van der Waals surface area contributed by atoms with Crippen molar-refractivity contribution in [2.45, 2.75) is 43.7 Å². The van der Waals surface area contributed by atoms with Crippen molar-refractivity contribution >= 4 is 22.7 Å². The number of piperidine rings is 1. The van der Waals surface area contributed by atoms with Crippen molar-refractivity contribution in [1.29, 1.82) is 0 Å². The summed E-state index contributed by atoms with van der Waals surface area (Å²) in [6.45, 7) is 2.62. The minimum Gasteiger partial charge on any atom is -0.348 e. The molecule has 1 saturated heterocycles. The smallest absolute Gasteiger partial charge is 0.270 e. The number of carbonyl (C=O) groups excluding carboxylic acids is 2. The normalized spacial score (nSPS) is 24.0. The third kappa shape index (κ3) is 2.57. The molecule has 0 bridgehead atoms. The number of fused-ring (bicyclic) bond motifs is 4. The standard InChI is InChI=1S/C21H26N4O2/c1-24-13-21(7-3-8-21)25-17-11-15(6-5-14(17)10-18(25)20(24)27)19(26)23-16-4-2-9-22-12-16/h5-6,10-11,16,22H,2-4,7-9,12-13H2,1H3,(H,23,26)/t16-/m0/s1. The van der Waals surface area contributed by atoms with Gasteiger partial charge < -0.3 is 20.1 Å². The number of rotatable bonds is 2. The number of likely N-dealkylation sites (N-methyl/N-ethyl adjacent to an activating group) is 1. The van der Waals surface area contributed by atoms with Gasteiger partial charge in [-0.15, -0.1) is 0 Å². The van der Waals surface area contributed by atoms with Crippen LogP contribution >= 0.6 is 0 Å². The summed E-state index contributed by atoms with van der Waals surface area (Å²) < 4.78 is 2.23. The van der Waals surface area contributed by atoms with Crippen LogP contribution < -0.4 is 10.6 Å². The lowest BCUT2D eigenvalue weighted by molar-refractivity contribution is 0.0425. The molecule has 1 spiro atoms. The summed E-state index contributed by atoms with van der Waals surface area (Å²) in [5.41, 5.74) is 2.45. The van der Waals surface area contributed by atoms with E-state index in [9.17, 15) is 9.59 Å². The lowest BCUT2D eigenvalue weighted by atomic mass is 9.74. The summed E-state index contributed by atoms with van der Waals surface area (Å²) >= 11 is 0. The van der Waals surface area contributed by atoms with Gasteiger partial charge in [0.15, 0.2) is 0 Å². The number of carbonyl (C=O) groups is 2. The molecule has 1 aromatic carbocycles. The van der Waals surface area contributed by atoms with Crippen LogP contribution in [0.3, 0.4) is 0 Å². The van der Waals surface area contributed by atoms with E-state index in [0.29, 0.717) is 5.56 Å². The van der Waals surface area contributed by atoms with Crippen molar-refractivity contribution < 1.29 is 9.59 Å². The molecule has 3 aliphatic rings. The minimum absolute atomic E-state index is 0.00212. The lowest BCUT2D eigenvalue weighted by Gasteiger charge is -2.49. The first-order valence-electron chi connectivity index (χ1n) is 10.0. The third-order valence-corrected chi connectivity index (χ3v) is 6.55. The van der Waals surface area contributed by atoms with Crippen molar-refractivity contribution in [1.82, 2.24) is 20.1 Å². The fourth-order valence-electron chi connectivity index (χ4n) is 5.00. The van der Waals surface area contributed by atoms with E-state index in [1.807, 2.05) is 36.2 Å². The fourth-order valence-corrected chi connectivity index (χ4v) is 5.00. The highest BCUT2D eigenvalue weighted by atomic mass is 16.2. The molecular formula is C21H26N4O2. The first-order chi connectivity index (χ1) is 13.1. The maximum atomic E-state index is 12.8. The Hall–Kier alpha value is -2.34. The van der Waals surface area contributed by atoms with E-state index in [-0.39, 0.29) is 23.4 Å². The Labute approximate surface area is 158 Å². The first kappa shape index (κ1) is 16.8. The monoisotopic (exact) mass is 366 g/mol. The second kappa shape index (κ2) is 6.09. The predicted molar refractivity (Wildman–Crippen MR) is 104 cm³/mol. The molecule has 5 rings (SSSR count). The van der Waals surface area contributed by atoms with Crippen LogP contribution in [0.15, 0.2) is 24.3 Å². The molecule has 1 aliphatic carbocycles. The SMILES string of the molecule is CN1CC2(CCC2)n2c(cc3ccc(C(=O)N[C@H]4CCCNC4)cc32)C1=O. The van der Waals surface area contributed by atoms with Gasteiger partial charge in [0.1, 0.15) is 5.69 Å². The average molecular weight is 366 g/mol. The van der Waals surface area contributed by atoms with Crippen molar-refractivity contribution in [3.05, 3.63) is 35.5 Å². The van der Waals surface area contributed by atoms with Gasteiger partial charge in [0.05, 0.1) is 11.1 Å². The Morgan fingerprint density at radius 1 is 1.26 bits per heavy atom. The van der Waals surface area contributed by atoms with Gasteiger partial charge in [-0.05, 0) is 56.8 Å². The van der Waals surface area contributed by atoms with E-state index in [1.165, 1.54) is 6.42 Å². The Morgan fingerprint density at radius 3 is 2.81 bits per heavy atom. The van der Waals surface area contributed by atoms with Crippen LogP contribution in [0.2, 0.25) is 0 Å². The number of benzene rings is 1. The number of hydrogen-bond acceptors (Lipinski definition) is 3. The molecule has 142 valence electrons. The summed E-state index contributed by atoms with van der Waals surface area (Å²) in [6.07, 6.45) is 5.48. The zero-order chi connectivity index (χ0) is 18.6. The highest BCUT2D eigenvalue weighted by Gasteiger charge is 2.46. The van der Waals surface area contributed by atoms with E-state index in [4.69, 9.17) is 0 Å². The summed E-state index contributed by atoms with van der Waals surface area (Å²) in [7, 11) is 1.89. The molecule has 1 aromatic heterocycles. The third-order valence-electron chi connectivity index (χ3n) is 6.55. The summed E-state index contributed by atoms with van der Waals surface area (Å²) in [5, 5.41) is 7.52. The number of amides is 2. The maximum Gasteiger partial charge on any atom is 0.270 e. The molecule has 3 heterocycles. The van der Waals surface area contributed by atoms with Crippen LogP contribution in [0.1, 0.15) is 53.0 Å². The van der Waals surface area contributed by atoms with Gasteiger partial charge in [0, 0.05) is 37.1 Å². The van der Waals surface area contributed by atoms with E-state index in [0.717, 1.165) is 61.9 Å². The molecule has 2 fully saturated rings. The molecule has 1 atom stereocenters. The van der Waals surface area contributed by atoms with Crippen LogP contribution in [0.4, 0.5) is 0 Å². The van der Waals surface area contributed by atoms with Crippen molar-refractivity contribution in [3.63, 3.8) is 0 Å². The summed E-state index contributed by atoms with van der Waals surface area (Å²) in [6, 6.07) is 8.01. The van der Waals surface area contributed by atoms with Gasteiger partial charge in [-0.2, -0.15) is 0 Å². The average Bonchev–Trinajstić information content (AvgIpc) is 3.03. The van der Waals surface area contributed by atoms with Gasteiger partial charge in [-0.3, -0.25) is 9.59 Å². The molecule has 6 heteroatoms.